The summed E-state index contributed by atoms with van der Waals surface area (Å²) in [5.41, 5.74) is 0.285. The number of aromatic amines is 1. The summed E-state index contributed by atoms with van der Waals surface area (Å²) in [6.07, 6.45) is 0.785. The summed E-state index contributed by atoms with van der Waals surface area (Å²) < 4.78 is 1.96. The third kappa shape index (κ3) is 2.24. The van der Waals surface area contributed by atoms with E-state index in [1.54, 1.807) is 11.5 Å². The Balaban J connectivity index is 3.07. The molecule has 0 spiro atoms. The van der Waals surface area contributed by atoms with Crippen LogP contribution in [0.2, 0.25) is 0 Å². The number of nitrogens with one attached hydrogen (secondary N) is 1. The molecule has 20 heavy (non-hydrogen) atoms. The van der Waals surface area contributed by atoms with E-state index in [2.05, 4.69) is 9.97 Å². The number of aryl methyl sites for hydroxylation is 1. The molecule has 106 valence electrons. The van der Waals surface area contributed by atoms with Crippen LogP contribution in [0.3, 0.4) is 0 Å². The van der Waals surface area contributed by atoms with Gasteiger partial charge in [0.15, 0.2) is 4.77 Å². The summed E-state index contributed by atoms with van der Waals surface area (Å²) in [4.78, 5) is 30.3. The van der Waals surface area contributed by atoms with Gasteiger partial charge >= 0.3 is 5.97 Å². The zero-order chi connectivity index (χ0) is 15.0. The van der Waals surface area contributed by atoms with Gasteiger partial charge < -0.3 is 5.11 Å². The van der Waals surface area contributed by atoms with E-state index in [0.717, 1.165) is 6.42 Å². The van der Waals surface area contributed by atoms with Crippen molar-refractivity contribution in [2.45, 2.75) is 33.2 Å². The van der Waals surface area contributed by atoms with E-state index in [0.29, 0.717) is 11.3 Å². The molecular formula is C13H15N3O3S. The molecule has 0 unspecified atom stereocenters. The van der Waals surface area contributed by atoms with Crippen molar-refractivity contribution in [3.63, 3.8) is 0 Å². The molecule has 0 aromatic carbocycles. The van der Waals surface area contributed by atoms with Crippen LogP contribution in [0.5, 0.6) is 0 Å². The Kier molecular flexibility index (Phi) is 3.71. The van der Waals surface area contributed by atoms with E-state index in [9.17, 15) is 14.7 Å². The average Bonchev–Trinajstić information content (AvgIpc) is 2.36. The minimum Gasteiger partial charge on any atom is -0.478 e. The fraction of sp³-hybridized carbons (Fsp3) is 0.385. The first kappa shape index (κ1) is 14.4. The van der Waals surface area contributed by atoms with Gasteiger partial charge in [-0.3, -0.25) is 14.3 Å². The Bertz CT molecular complexity index is 807. The molecule has 2 heterocycles. The second-order valence-electron chi connectivity index (χ2n) is 4.70. The number of rotatable bonds is 3. The number of aromatic nitrogens is 3. The first-order valence-corrected chi connectivity index (χ1v) is 6.67. The lowest BCUT2D eigenvalue weighted by Gasteiger charge is -2.17. The molecule has 0 radical (unpaired) electrons. The molecule has 0 aliphatic heterocycles. The first-order valence-electron chi connectivity index (χ1n) is 6.26. The van der Waals surface area contributed by atoms with Crippen LogP contribution in [-0.4, -0.2) is 25.6 Å². The molecular weight excluding hydrogens is 278 g/mol. The van der Waals surface area contributed by atoms with Crippen LogP contribution in [0, 0.1) is 11.7 Å². The Labute approximate surface area is 120 Å². The molecule has 2 aromatic heterocycles. The van der Waals surface area contributed by atoms with Gasteiger partial charge in [-0.1, -0.05) is 6.92 Å². The van der Waals surface area contributed by atoms with Crippen LogP contribution >= 0.6 is 12.2 Å². The molecule has 7 heteroatoms. The van der Waals surface area contributed by atoms with E-state index in [4.69, 9.17) is 12.2 Å². The summed E-state index contributed by atoms with van der Waals surface area (Å²) in [6.45, 7) is 5.62. The third-order valence-corrected chi connectivity index (χ3v) is 3.58. The highest BCUT2D eigenvalue weighted by Gasteiger charge is 2.18. The van der Waals surface area contributed by atoms with E-state index >= 15 is 0 Å². The lowest BCUT2D eigenvalue weighted by atomic mass is 10.1. The number of hydrogen-bond acceptors (Lipinski definition) is 4. The van der Waals surface area contributed by atoms with Gasteiger partial charge in [0.25, 0.3) is 5.56 Å². The number of fused-ring (bicyclic) bond motifs is 1. The fourth-order valence-electron chi connectivity index (χ4n) is 2.13. The van der Waals surface area contributed by atoms with Gasteiger partial charge in [0, 0.05) is 11.7 Å². The fourth-order valence-corrected chi connectivity index (χ4v) is 2.49. The SMILES string of the molecule is CC[C@H](C)n1c(=S)[nH]c(=O)c2c(C(=O)O)cc(C)nc21. The minimum absolute atomic E-state index is 0.0118. The highest BCUT2D eigenvalue weighted by Crippen LogP contribution is 2.20. The van der Waals surface area contributed by atoms with Crippen LogP contribution in [0.4, 0.5) is 0 Å². The summed E-state index contributed by atoms with van der Waals surface area (Å²) in [6, 6.07) is 1.40. The highest BCUT2D eigenvalue weighted by molar-refractivity contribution is 7.71. The van der Waals surface area contributed by atoms with E-state index in [1.807, 2.05) is 13.8 Å². The van der Waals surface area contributed by atoms with Gasteiger partial charge in [-0.15, -0.1) is 0 Å². The van der Waals surface area contributed by atoms with Crippen LogP contribution in [0.1, 0.15) is 42.4 Å². The van der Waals surface area contributed by atoms with Crippen molar-refractivity contribution in [3.8, 4) is 0 Å². The molecule has 0 saturated carbocycles. The smallest absolute Gasteiger partial charge is 0.336 e. The predicted octanol–water partition coefficient (Wildman–Crippen LogP) is 2.43. The minimum atomic E-state index is -1.15. The second-order valence-corrected chi connectivity index (χ2v) is 5.09. The van der Waals surface area contributed by atoms with Crippen LogP contribution in [-0.2, 0) is 0 Å². The quantitative estimate of drug-likeness (QED) is 0.849. The van der Waals surface area contributed by atoms with Gasteiger partial charge in [0.05, 0.1) is 10.9 Å². The average molecular weight is 293 g/mol. The lowest BCUT2D eigenvalue weighted by molar-refractivity contribution is 0.0698. The summed E-state index contributed by atoms with van der Waals surface area (Å²) in [7, 11) is 0. The summed E-state index contributed by atoms with van der Waals surface area (Å²) in [5.74, 6) is -1.15. The van der Waals surface area contributed by atoms with Crippen molar-refractivity contribution < 1.29 is 9.90 Å². The molecule has 6 nitrogen and oxygen atoms in total. The first-order chi connectivity index (χ1) is 9.36. The number of H-pyrrole nitrogens is 1. The Morgan fingerprint density at radius 1 is 1.60 bits per heavy atom. The van der Waals surface area contributed by atoms with Crippen molar-refractivity contribution >= 4 is 29.2 Å². The molecule has 2 aromatic rings. The summed E-state index contributed by atoms with van der Waals surface area (Å²) in [5, 5.41) is 9.34. The van der Waals surface area contributed by atoms with Crippen molar-refractivity contribution in [2.75, 3.05) is 0 Å². The lowest BCUT2D eigenvalue weighted by Crippen LogP contribution is -2.20. The number of carbonyl (C=O) groups is 1. The van der Waals surface area contributed by atoms with Gasteiger partial charge in [-0.2, -0.15) is 0 Å². The highest BCUT2D eigenvalue weighted by atomic mass is 32.1. The molecule has 1 atom stereocenters. The number of carboxylic acid groups (broad SMARTS) is 1. The molecule has 0 fully saturated rings. The molecule has 0 bridgehead atoms. The van der Waals surface area contributed by atoms with Gasteiger partial charge in [-0.05, 0) is 38.6 Å². The number of aromatic carboxylic acids is 1. The zero-order valence-corrected chi connectivity index (χ0v) is 12.2. The van der Waals surface area contributed by atoms with Crippen LogP contribution in [0.25, 0.3) is 11.0 Å². The molecule has 2 N–H and O–H groups in total. The van der Waals surface area contributed by atoms with Gasteiger partial charge in [0.2, 0.25) is 0 Å². The predicted molar refractivity (Wildman–Crippen MR) is 77.9 cm³/mol. The number of pyridine rings is 1. The normalized spacial score (nSPS) is 12.6. The van der Waals surface area contributed by atoms with Gasteiger partial charge in [-0.25, -0.2) is 9.78 Å². The van der Waals surface area contributed by atoms with Gasteiger partial charge in [0.1, 0.15) is 5.65 Å². The van der Waals surface area contributed by atoms with Crippen LogP contribution in [0.15, 0.2) is 10.9 Å². The third-order valence-electron chi connectivity index (χ3n) is 3.28. The standard InChI is InChI=1S/C13H15N3O3S/c1-4-7(3)16-10-9(11(17)15-13(16)20)8(12(18)19)5-6(2)14-10/h5,7H,4H2,1-3H3,(H,18,19)(H,15,17,20)/t7-/m0/s1. The summed E-state index contributed by atoms with van der Waals surface area (Å²) >= 11 is 5.18. The molecule has 0 aliphatic rings. The monoisotopic (exact) mass is 293 g/mol. The number of hydrogen-bond donors (Lipinski definition) is 2. The van der Waals surface area contributed by atoms with E-state index in [-0.39, 0.29) is 21.8 Å². The maximum atomic E-state index is 12.1. The topological polar surface area (TPSA) is 88.0 Å². The second kappa shape index (κ2) is 5.16. The molecule has 2 rings (SSSR count). The Hall–Kier alpha value is -2.02. The number of nitrogens with zero attached hydrogens (tertiary/aromatic N) is 2. The number of carboxylic acids is 1. The van der Waals surface area contributed by atoms with Crippen molar-refractivity contribution in [2.24, 2.45) is 0 Å². The van der Waals surface area contributed by atoms with E-state index < -0.39 is 11.5 Å². The van der Waals surface area contributed by atoms with E-state index in [1.165, 1.54) is 6.07 Å². The van der Waals surface area contributed by atoms with Crippen LogP contribution < -0.4 is 5.56 Å². The maximum absolute atomic E-state index is 12.1. The van der Waals surface area contributed by atoms with Crippen molar-refractivity contribution in [3.05, 3.63) is 32.4 Å². The molecule has 0 saturated heterocycles. The Morgan fingerprint density at radius 3 is 2.80 bits per heavy atom. The molecule has 0 aliphatic carbocycles. The molecule has 0 amide bonds. The van der Waals surface area contributed by atoms with Crippen molar-refractivity contribution in [1.82, 2.24) is 14.5 Å². The van der Waals surface area contributed by atoms with Crippen molar-refractivity contribution in [1.29, 1.82) is 0 Å². The largest absolute Gasteiger partial charge is 0.478 e. The zero-order valence-electron chi connectivity index (χ0n) is 11.4. The maximum Gasteiger partial charge on any atom is 0.336 e. The Morgan fingerprint density at radius 2 is 2.25 bits per heavy atom.